The van der Waals surface area contributed by atoms with Crippen LogP contribution in [-0.4, -0.2) is 0 Å². The van der Waals surface area contributed by atoms with E-state index in [4.69, 9.17) is 0 Å². The second-order valence-corrected chi connectivity index (χ2v) is 18.5. The first-order valence-electron chi connectivity index (χ1n) is 25.0. The summed E-state index contributed by atoms with van der Waals surface area (Å²) in [6.45, 7) is 4.68. The summed E-state index contributed by atoms with van der Waals surface area (Å²) in [5, 5.41) is 15.2. The van der Waals surface area contributed by atoms with E-state index in [9.17, 15) is 0 Å². The molecule has 2 nitrogen and oxygen atoms in total. The Kier molecular flexibility index (Phi) is 11.4. The third kappa shape index (κ3) is 7.45. The SMILES string of the molecule is CCC/C(=C(/CCC)c1cc2c3ccccc3c(N(c3ccccc3)c3ccccc3)cc2c2ccccc12)c1cc2c3ccccc3c(N(c3ccccc3)c3ccccc3)cc2c2ccccc12. The Bertz CT molecular complexity index is 3560. The Morgan fingerprint density at radius 3 is 0.800 bits per heavy atom. The van der Waals surface area contributed by atoms with Crippen LogP contribution in [0, 0.1) is 0 Å². The number of para-hydroxylation sites is 4. The zero-order valence-corrected chi connectivity index (χ0v) is 39.8. The maximum Gasteiger partial charge on any atom is 0.0546 e. The van der Waals surface area contributed by atoms with Gasteiger partial charge in [0, 0.05) is 33.5 Å². The lowest BCUT2D eigenvalue weighted by Gasteiger charge is -2.28. The molecule has 0 bridgehead atoms. The molecule has 0 fully saturated rings. The smallest absolute Gasteiger partial charge is 0.0546 e. The normalized spacial score (nSPS) is 12.0. The van der Waals surface area contributed by atoms with Crippen LogP contribution in [0.4, 0.5) is 34.1 Å². The molecular formula is C68H54N2. The average molecular weight is 899 g/mol. The molecule has 0 unspecified atom stereocenters. The monoisotopic (exact) mass is 898 g/mol. The van der Waals surface area contributed by atoms with Crippen molar-refractivity contribution in [3.05, 3.63) is 254 Å². The lowest BCUT2D eigenvalue weighted by Crippen LogP contribution is -2.10. The summed E-state index contributed by atoms with van der Waals surface area (Å²) in [5.41, 5.74) is 12.4. The van der Waals surface area contributed by atoms with Crippen LogP contribution in [0.5, 0.6) is 0 Å². The Hall–Kier alpha value is -8.46. The molecule has 0 heterocycles. The van der Waals surface area contributed by atoms with Crippen LogP contribution in [0.15, 0.2) is 243 Å². The fourth-order valence-corrected chi connectivity index (χ4v) is 11.3. The van der Waals surface area contributed by atoms with Crippen molar-refractivity contribution in [1.29, 1.82) is 0 Å². The van der Waals surface area contributed by atoms with Gasteiger partial charge in [0.25, 0.3) is 0 Å². The molecule has 12 aromatic rings. The number of hydrogen-bond acceptors (Lipinski definition) is 2. The van der Waals surface area contributed by atoms with Crippen molar-refractivity contribution >= 4 is 110 Å². The first-order valence-corrected chi connectivity index (χ1v) is 25.0. The van der Waals surface area contributed by atoms with E-state index in [0.29, 0.717) is 0 Å². The number of anilines is 6. The number of hydrogen-bond donors (Lipinski definition) is 0. The molecule has 0 N–H and O–H groups in total. The van der Waals surface area contributed by atoms with Crippen LogP contribution in [0.1, 0.15) is 50.7 Å². The van der Waals surface area contributed by atoms with E-state index >= 15 is 0 Å². The van der Waals surface area contributed by atoms with E-state index in [1.54, 1.807) is 0 Å². The Morgan fingerprint density at radius 2 is 0.500 bits per heavy atom. The van der Waals surface area contributed by atoms with Crippen LogP contribution >= 0.6 is 0 Å². The molecule has 0 saturated heterocycles. The largest absolute Gasteiger partial charge is 0.310 e. The van der Waals surface area contributed by atoms with Crippen molar-refractivity contribution in [2.75, 3.05) is 9.80 Å². The van der Waals surface area contributed by atoms with Gasteiger partial charge in [-0.15, -0.1) is 0 Å². The minimum atomic E-state index is 0.964. The van der Waals surface area contributed by atoms with Gasteiger partial charge in [0.05, 0.1) is 11.4 Å². The molecule has 12 rings (SSSR count). The summed E-state index contributed by atoms with van der Waals surface area (Å²) in [6, 6.07) is 89.6. The molecule has 0 aliphatic heterocycles. The third-order valence-corrected chi connectivity index (χ3v) is 14.3. The van der Waals surface area contributed by atoms with Gasteiger partial charge in [-0.25, -0.2) is 0 Å². The Morgan fingerprint density at radius 1 is 0.257 bits per heavy atom. The molecule has 336 valence electrons. The van der Waals surface area contributed by atoms with Gasteiger partial charge in [0.1, 0.15) is 0 Å². The molecule has 12 aromatic carbocycles. The molecule has 70 heavy (non-hydrogen) atoms. The standard InChI is InChI=1S/C68H54N2/c1-3-25-51(61-43-63-57-39-21-23-41-59(57)67(45-65(63)55-37-19-17-35-53(55)61)69(47-27-9-5-10-28-47)48-29-11-6-12-30-48)52(26-4-2)62-44-64-58-40-22-24-42-60(58)68(46-66(64)56-38-20-18-36-54(56)62)70(49-31-13-7-14-32-49)50-33-15-8-16-34-50/h5-24,27-46H,3-4,25-26H2,1-2H3/b52-51+. The summed E-state index contributed by atoms with van der Waals surface area (Å²) >= 11 is 0. The van der Waals surface area contributed by atoms with E-state index in [1.807, 2.05) is 0 Å². The Labute approximate surface area is 411 Å². The summed E-state index contributed by atoms with van der Waals surface area (Å²) in [7, 11) is 0. The number of nitrogens with zero attached hydrogens (tertiary/aromatic N) is 2. The van der Waals surface area contributed by atoms with Gasteiger partial charge in [0.2, 0.25) is 0 Å². The van der Waals surface area contributed by atoms with Gasteiger partial charge in [-0.3, -0.25) is 0 Å². The molecule has 0 aliphatic rings. The number of allylic oxidation sites excluding steroid dienone is 2. The number of rotatable bonds is 12. The van der Waals surface area contributed by atoms with E-state index in [2.05, 4.69) is 266 Å². The number of benzene rings is 12. The molecule has 0 atom stereocenters. The quantitative estimate of drug-likeness (QED) is 0.0890. The highest BCUT2D eigenvalue weighted by atomic mass is 15.1. The van der Waals surface area contributed by atoms with Crippen molar-refractivity contribution < 1.29 is 0 Å². The highest BCUT2D eigenvalue weighted by Gasteiger charge is 2.24. The molecule has 0 radical (unpaired) electrons. The topological polar surface area (TPSA) is 6.48 Å². The van der Waals surface area contributed by atoms with Crippen LogP contribution in [0.2, 0.25) is 0 Å². The van der Waals surface area contributed by atoms with Gasteiger partial charge in [-0.2, -0.15) is 0 Å². The van der Waals surface area contributed by atoms with Gasteiger partial charge in [0.15, 0.2) is 0 Å². The van der Waals surface area contributed by atoms with Crippen LogP contribution in [-0.2, 0) is 0 Å². The summed E-state index contributed by atoms with van der Waals surface area (Å²) in [4.78, 5) is 4.84. The predicted octanol–water partition coefficient (Wildman–Crippen LogP) is 20.1. The number of fused-ring (bicyclic) bond motifs is 10. The maximum atomic E-state index is 2.55. The van der Waals surface area contributed by atoms with Crippen molar-refractivity contribution in [2.45, 2.75) is 39.5 Å². The van der Waals surface area contributed by atoms with E-state index in [0.717, 1.165) is 48.4 Å². The van der Waals surface area contributed by atoms with Crippen LogP contribution < -0.4 is 9.80 Å². The minimum absolute atomic E-state index is 0.964. The van der Waals surface area contributed by atoms with Gasteiger partial charge >= 0.3 is 0 Å². The lowest BCUT2D eigenvalue weighted by molar-refractivity contribution is 0.947. The molecule has 0 amide bonds. The van der Waals surface area contributed by atoms with Crippen molar-refractivity contribution in [3.8, 4) is 0 Å². The summed E-state index contributed by atoms with van der Waals surface area (Å²) in [6.07, 6.45) is 3.99. The fourth-order valence-electron chi connectivity index (χ4n) is 11.3. The summed E-state index contributed by atoms with van der Waals surface area (Å²) in [5.74, 6) is 0. The third-order valence-electron chi connectivity index (χ3n) is 14.3. The van der Waals surface area contributed by atoms with Crippen molar-refractivity contribution in [3.63, 3.8) is 0 Å². The van der Waals surface area contributed by atoms with Crippen LogP contribution in [0.3, 0.4) is 0 Å². The molecule has 2 heteroatoms. The first-order chi connectivity index (χ1) is 34.7. The van der Waals surface area contributed by atoms with Gasteiger partial charge < -0.3 is 9.80 Å². The summed E-state index contributed by atoms with van der Waals surface area (Å²) < 4.78 is 0. The molecule has 0 aromatic heterocycles. The first kappa shape index (κ1) is 42.9. The van der Waals surface area contributed by atoms with Crippen molar-refractivity contribution in [1.82, 2.24) is 0 Å². The predicted molar refractivity (Wildman–Crippen MR) is 304 cm³/mol. The zero-order valence-electron chi connectivity index (χ0n) is 39.8. The second-order valence-electron chi connectivity index (χ2n) is 18.5. The highest BCUT2D eigenvalue weighted by Crippen LogP contribution is 2.49. The zero-order chi connectivity index (χ0) is 47.0. The fraction of sp³-hybridized carbons (Fsp3) is 0.0882. The highest BCUT2D eigenvalue weighted by molar-refractivity contribution is 6.26. The van der Waals surface area contributed by atoms with Gasteiger partial charge in [-0.05, 0) is 162 Å². The van der Waals surface area contributed by atoms with Crippen molar-refractivity contribution in [2.24, 2.45) is 0 Å². The van der Waals surface area contributed by atoms with E-state index in [1.165, 1.54) is 98.3 Å². The van der Waals surface area contributed by atoms with E-state index < -0.39 is 0 Å². The van der Waals surface area contributed by atoms with Crippen LogP contribution in [0.25, 0.3) is 75.8 Å². The average Bonchev–Trinajstić information content (AvgIpc) is 3.43. The molecule has 0 aliphatic carbocycles. The maximum absolute atomic E-state index is 2.55. The van der Waals surface area contributed by atoms with E-state index in [-0.39, 0.29) is 0 Å². The lowest BCUT2D eigenvalue weighted by atomic mass is 9.82. The molecular weight excluding hydrogens is 845 g/mol. The molecule has 0 spiro atoms. The minimum Gasteiger partial charge on any atom is -0.310 e. The molecule has 0 saturated carbocycles. The Balaban J connectivity index is 1.14. The van der Waals surface area contributed by atoms with Gasteiger partial charge in [-0.1, -0.05) is 197 Å². The second kappa shape index (κ2) is 18.6.